The molecule has 2 unspecified atom stereocenters. The van der Waals surface area contributed by atoms with Crippen LogP contribution >= 0.6 is 0 Å². The Morgan fingerprint density at radius 3 is 2.86 bits per heavy atom. The molecule has 4 nitrogen and oxygen atoms in total. The van der Waals surface area contributed by atoms with Crippen molar-refractivity contribution in [3.05, 3.63) is 29.3 Å². The molecule has 0 aromatic heterocycles. The Kier molecular flexibility index (Phi) is 4.15. The molecule has 4 heteroatoms. The average molecular weight is 287 g/mol. The lowest BCUT2D eigenvalue weighted by atomic mass is 10.1. The van der Waals surface area contributed by atoms with E-state index in [1.165, 1.54) is 17.5 Å². The molecule has 21 heavy (non-hydrogen) atoms. The second-order valence-corrected chi connectivity index (χ2v) is 6.32. The van der Waals surface area contributed by atoms with Gasteiger partial charge in [-0.2, -0.15) is 0 Å². The van der Waals surface area contributed by atoms with E-state index in [9.17, 15) is 4.79 Å². The number of carbonyl (C=O) groups is 1. The highest BCUT2D eigenvalue weighted by Gasteiger charge is 2.28. The van der Waals surface area contributed by atoms with E-state index in [1.54, 1.807) is 0 Å². The number of nitrogen functional groups attached to an aromatic ring is 1. The third kappa shape index (κ3) is 3.05. The van der Waals surface area contributed by atoms with E-state index in [-0.39, 0.29) is 18.0 Å². The Hall–Kier alpha value is -1.55. The van der Waals surface area contributed by atoms with Crippen LogP contribution in [0.1, 0.15) is 49.8 Å². The van der Waals surface area contributed by atoms with Crippen LogP contribution in [-0.4, -0.2) is 29.9 Å². The summed E-state index contributed by atoms with van der Waals surface area (Å²) in [6.45, 7) is 3.83. The maximum atomic E-state index is 12.5. The van der Waals surface area contributed by atoms with Crippen molar-refractivity contribution in [2.45, 2.75) is 51.1 Å². The van der Waals surface area contributed by atoms with Gasteiger partial charge in [-0.05, 0) is 62.3 Å². The van der Waals surface area contributed by atoms with Crippen molar-refractivity contribution in [1.82, 2.24) is 10.2 Å². The van der Waals surface area contributed by atoms with E-state index in [2.05, 4.69) is 17.4 Å². The normalized spacial score (nSPS) is 22.9. The minimum atomic E-state index is -0.114. The number of hydrogen-bond donors (Lipinski definition) is 2. The first-order chi connectivity index (χ1) is 10.1. The van der Waals surface area contributed by atoms with Gasteiger partial charge in [0.15, 0.2) is 0 Å². The van der Waals surface area contributed by atoms with Gasteiger partial charge in [0, 0.05) is 24.8 Å². The predicted molar refractivity (Wildman–Crippen MR) is 84.9 cm³/mol. The van der Waals surface area contributed by atoms with E-state index in [1.807, 2.05) is 17.9 Å². The summed E-state index contributed by atoms with van der Waals surface area (Å²) >= 11 is 0. The molecule has 1 fully saturated rings. The van der Waals surface area contributed by atoms with Crippen LogP contribution in [0.4, 0.5) is 5.69 Å². The molecule has 3 N–H and O–H groups in total. The van der Waals surface area contributed by atoms with Gasteiger partial charge in [0.05, 0.1) is 6.04 Å². The van der Waals surface area contributed by atoms with Gasteiger partial charge in [-0.25, -0.2) is 0 Å². The highest BCUT2D eigenvalue weighted by molar-refractivity contribution is 5.81. The summed E-state index contributed by atoms with van der Waals surface area (Å²) in [6, 6.07) is 6.29. The van der Waals surface area contributed by atoms with Crippen LogP contribution in [0.5, 0.6) is 0 Å². The molecule has 0 saturated carbocycles. The van der Waals surface area contributed by atoms with Crippen molar-refractivity contribution in [3.63, 3.8) is 0 Å². The molecule has 114 valence electrons. The number of benzene rings is 1. The number of carbonyl (C=O) groups excluding carboxylic acids is 1. The third-order valence-corrected chi connectivity index (χ3v) is 4.73. The Balaban J connectivity index is 1.63. The fourth-order valence-corrected chi connectivity index (χ4v) is 3.57. The minimum absolute atomic E-state index is 0.114. The van der Waals surface area contributed by atoms with Gasteiger partial charge in [-0.1, -0.05) is 6.07 Å². The molecule has 1 aromatic rings. The maximum Gasteiger partial charge on any atom is 0.239 e. The first-order valence-corrected chi connectivity index (χ1v) is 8.08. The van der Waals surface area contributed by atoms with E-state index < -0.39 is 0 Å². The summed E-state index contributed by atoms with van der Waals surface area (Å²) in [5.74, 6) is 0.249. The topological polar surface area (TPSA) is 58.4 Å². The van der Waals surface area contributed by atoms with Crippen LogP contribution in [0.25, 0.3) is 0 Å². The fourth-order valence-electron chi connectivity index (χ4n) is 3.57. The second kappa shape index (κ2) is 6.06. The Morgan fingerprint density at radius 2 is 2.10 bits per heavy atom. The Labute approximate surface area is 126 Å². The Bertz CT molecular complexity index is 523. The molecule has 1 saturated heterocycles. The third-order valence-electron chi connectivity index (χ3n) is 4.73. The number of aryl methyl sites for hydroxylation is 1. The predicted octanol–water partition coefficient (Wildman–Crippen LogP) is 2.25. The lowest BCUT2D eigenvalue weighted by Crippen LogP contribution is -2.47. The second-order valence-electron chi connectivity index (χ2n) is 6.32. The number of fused-ring (bicyclic) bond motifs is 1. The van der Waals surface area contributed by atoms with Crippen molar-refractivity contribution in [2.24, 2.45) is 0 Å². The molecule has 0 radical (unpaired) electrons. The van der Waals surface area contributed by atoms with E-state index in [4.69, 9.17) is 5.73 Å². The van der Waals surface area contributed by atoms with Crippen LogP contribution in [0, 0.1) is 0 Å². The molecule has 1 heterocycles. The fraction of sp³-hybridized carbons (Fsp3) is 0.588. The van der Waals surface area contributed by atoms with Gasteiger partial charge in [0.2, 0.25) is 5.91 Å². The number of hydrogen-bond acceptors (Lipinski definition) is 3. The van der Waals surface area contributed by atoms with Crippen molar-refractivity contribution >= 4 is 11.6 Å². The average Bonchev–Trinajstić information content (AvgIpc) is 2.89. The summed E-state index contributed by atoms with van der Waals surface area (Å²) in [5.41, 5.74) is 9.30. The molecular formula is C17H25N3O. The molecule has 1 aliphatic carbocycles. The number of nitrogens with one attached hydrogen (secondary N) is 1. The molecule has 2 atom stereocenters. The van der Waals surface area contributed by atoms with Crippen molar-refractivity contribution in [1.29, 1.82) is 0 Å². The summed E-state index contributed by atoms with van der Waals surface area (Å²) in [5, 5.41) is 3.52. The lowest BCUT2D eigenvalue weighted by Gasteiger charge is -2.30. The number of nitrogens with two attached hydrogens (primary N) is 1. The zero-order chi connectivity index (χ0) is 14.8. The largest absolute Gasteiger partial charge is 0.399 e. The van der Waals surface area contributed by atoms with Crippen molar-refractivity contribution in [3.8, 4) is 0 Å². The summed E-state index contributed by atoms with van der Waals surface area (Å²) in [7, 11) is 0. The number of anilines is 1. The molecule has 1 amide bonds. The zero-order valence-corrected chi connectivity index (χ0v) is 12.8. The van der Waals surface area contributed by atoms with Crippen LogP contribution < -0.4 is 11.1 Å². The zero-order valence-electron chi connectivity index (χ0n) is 12.8. The van der Waals surface area contributed by atoms with E-state index in [0.29, 0.717) is 0 Å². The maximum absolute atomic E-state index is 12.5. The van der Waals surface area contributed by atoms with Gasteiger partial charge in [-0.3, -0.25) is 10.1 Å². The number of likely N-dealkylation sites (tertiary alicyclic amines) is 1. The number of piperidine rings is 1. The van der Waals surface area contributed by atoms with Crippen LogP contribution in [0.3, 0.4) is 0 Å². The van der Waals surface area contributed by atoms with E-state index in [0.717, 1.165) is 44.5 Å². The van der Waals surface area contributed by atoms with E-state index >= 15 is 0 Å². The number of amides is 1. The first-order valence-electron chi connectivity index (χ1n) is 8.08. The molecule has 1 aromatic carbocycles. The monoisotopic (exact) mass is 287 g/mol. The highest BCUT2D eigenvalue weighted by atomic mass is 16.2. The smallest absolute Gasteiger partial charge is 0.239 e. The molecular weight excluding hydrogens is 262 g/mol. The number of nitrogens with zero attached hydrogens (tertiary/aromatic N) is 1. The van der Waals surface area contributed by atoms with Crippen molar-refractivity contribution < 1.29 is 4.79 Å². The Morgan fingerprint density at radius 1 is 1.33 bits per heavy atom. The van der Waals surface area contributed by atoms with Gasteiger partial charge in [-0.15, -0.1) is 0 Å². The summed E-state index contributed by atoms with van der Waals surface area (Å²) in [4.78, 5) is 14.5. The molecule has 2 aliphatic rings. The minimum Gasteiger partial charge on any atom is -0.399 e. The molecule has 1 aliphatic heterocycles. The molecule has 0 spiro atoms. The molecule has 0 bridgehead atoms. The van der Waals surface area contributed by atoms with Crippen molar-refractivity contribution in [2.75, 3.05) is 18.8 Å². The van der Waals surface area contributed by atoms with Gasteiger partial charge in [0.1, 0.15) is 0 Å². The summed E-state index contributed by atoms with van der Waals surface area (Å²) in [6.07, 6.45) is 5.64. The highest BCUT2D eigenvalue weighted by Crippen LogP contribution is 2.32. The summed E-state index contributed by atoms with van der Waals surface area (Å²) < 4.78 is 0. The SMILES string of the molecule is CC(NC1CCc2cc(N)ccc21)C(=O)N1CCCCC1. The van der Waals surface area contributed by atoms with Crippen LogP contribution in [0.15, 0.2) is 18.2 Å². The molecule has 3 rings (SSSR count). The quantitative estimate of drug-likeness (QED) is 0.838. The van der Waals surface area contributed by atoms with Gasteiger partial charge >= 0.3 is 0 Å². The van der Waals surface area contributed by atoms with Crippen LogP contribution in [0.2, 0.25) is 0 Å². The van der Waals surface area contributed by atoms with Gasteiger partial charge in [0.25, 0.3) is 0 Å². The standard InChI is InChI=1S/C17H25N3O/c1-12(17(21)20-9-3-2-4-10-20)19-16-8-5-13-11-14(18)6-7-15(13)16/h6-7,11-12,16,19H,2-5,8-10,18H2,1H3. The number of rotatable bonds is 3. The first kappa shape index (κ1) is 14.4. The lowest BCUT2D eigenvalue weighted by molar-refractivity contribution is -0.134. The van der Waals surface area contributed by atoms with Gasteiger partial charge < -0.3 is 10.6 Å². The van der Waals surface area contributed by atoms with Crippen LogP contribution in [-0.2, 0) is 11.2 Å².